The molecule has 32 heavy (non-hydrogen) atoms. The predicted octanol–water partition coefficient (Wildman–Crippen LogP) is 8.77. The number of hydrogen-bond donors (Lipinski definition) is 1. The van der Waals surface area contributed by atoms with Gasteiger partial charge in [-0.15, -0.1) is 0 Å². The molecule has 4 heteroatoms. The van der Waals surface area contributed by atoms with Crippen molar-refractivity contribution in [2.24, 2.45) is 0 Å². The summed E-state index contributed by atoms with van der Waals surface area (Å²) in [6.07, 6.45) is 26.5. The third kappa shape index (κ3) is 23.3. The van der Waals surface area contributed by atoms with E-state index in [1.54, 1.807) is 0 Å². The minimum atomic E-state index is -0.887. The van der Waals surface area contributed by atoms with Crippen LogP contribution < -0.4 is 0 Å². The Bertz CT molecular complexity index is 458. The van der Waals surface area contributed by atoms with E-state index >= 15 is 0 Å². The SMILES string of the molecule is CCCC/C=C\CCCCCCCC(=O)OC(CCCCCCCCCCC)CC(=O)O. The topological polar surface area (TPSA) is 63.6 Å². The molecular weight excluding hydrogens is 400 g/mol. The van der Waals surface area contributed by atoms with E-state index in [1.807, 2.05) is 0 Å². The third-order valence-electron chi connectivity index (χ3n) is 5.97. The highest BCUT2D eigenvalue weighted by atomic mass is 16.5. The fraction of sp³-hybridized carbons (Fsp3) is 0.857. The average Bonchev–Trinajstić information content (AvgIpc) is 2.75. The standard InChI is InChI=1S/C28H52O4/c1-3-5-7-9-11-13-14-16-18-20-22-24-28(31)32-26(25-27(29)30)23-21-19-17-15-12-10-8-6-4-2/h9,11,26H,3-8,10,12-25H2,1-2H3,(H,29,30)/b11-9-. The van der Waals surface area contributed by atoms with E-state index in [1.165, 1.54) is 77.0 Å². The van der Waals surface area contributed by atoms with Crippen LogP contribution in [0.15, 0.2) is 12.2 Å². The van der Waals surface area contributed by atoms with Crippen molar-refractivity contribution in [3.8, 4) is 0 Å². The molecular formula is C28H52O4. The van der Waals surface area contributed by atoms with E-state index in [-0.39, 0.29) is 12.4 Å². The summed E-state index contributed by atoms with van der Waals surface area (Å²) in [7, 11) is 0. The van der Waals surface area contributed by atoms with Gasteiger partial charge in [0.25, 0.3) is 0 Å². The lowest BCUT2D eigenvalue weighted by molar-refractivity contribution is -0.153. The Balaban J connectivity index is 3.76. The first-order valence-electron chi connectivity index (χ1n) is 13.7. The number of esters is 1. The molecule has 1 N–H and O–H groups in total. The molecule has 0 amide bonds. The molecule has 188 valence electrons. The van der Waals surface area contributed by atoms with E-state index in [0.717, 1.165) is 38.5 Å². The van der Waals surface area contributed by atoms with Gasteiger partial charge < -0.3 is 9.84 Å². The summed E-state index contributed by atoms with van der Waals surface area (Å²) in [5.41, 5.74) is 0. The molecule has 0 aromatic carbocycles. The zero-order valence-corrected chi connectivity index (χ0v) is 21.3. The van der Waals surface area contributed by atoms with E-state index in [9.17, 15) is 9.59 Å². The first-order chi connectivity index (χ1) is 15.6. The van der Waals surface area contributed by atoms with Gasteiger partial charge in [-0.05, 0) is 38.5 Å². The number of unbranched alkanes of at least 4 members (excludes halogenated alkanes) is 15. The number of aliphatic carboxylic acids is 1. The Morgan fingerprint density at radius 1 is 0.688 bits per heavy atom. The highest BCUT2D eigenvalue weighted by molar-refractivity contribution is 5.71. The van der Waals surface area contributed by atoms with Crippen molar-refractivity contribution in [2.75, 3.05) is 0 Å². The fourth-order valence-electron chi connectivity index (χ4n) is 3.94. The maximum Gasteiger partial charge on any atom is 0.307 e. The fourth-order valence-corrected chi connectivity index (χ4v) is 3.94. The van der Waals surface area contributed by atoms with Crippen LogP contribution in [0.25, 0.3) is 0 Å². The monoisotopic (exact) mass is 452 g/mol. The molecule has 0 spiro atoms. The Morgan fingerprint density at radius 2 is 1.19 bits per heavy atom. The summed E-state index contributed by atoms with van der Waals surface area (Å²) in [6, 6.07) is 0. The number of allylic oxidation sites excluding steroid dienone is 2. The first kappa shape index (κ1) is 30.7. The van der Waals surface area contributed by atoms with Crippen molar-refractivity contribution in [3.63, 3.8) is 0 Å². The van der Waals surface area contributed by atoms with Crippen LogP contribution >= 0.6 is 0 Å². The minimum absolute atomic E-state index is 0.0749. The second-order valence-electron chi connectivity index (χ2n) is 9.25. The maximum atomic E-state index is 12.1. The molecule has 1 atom stereocenters. The molecule has 0 aromatic heterocycles. The zero-order chi connectivity index (χ0) is 23.7. The van der Waals surface area contributed by atoms with Crippen molar-refractivity contribution in [1.29, 1.82) is 0 Å². The molecule has 0 aromatic rings. The van der Waals surface area contributed by atoms with Crippen LogP contribution in [0.1, 0.15) is 149 Å². The lowest BCUT2D eigenvalue weighted by Gasteiger charge is -2.16. The van der Waals surface area contributed by atoms with Crippen LogP contribution in [0.3, 0.4) is 0 Å². The molecule has 0 fully saturated rings. The van der Waals surface area contributed by atoms with Crippen LogP contribution in [0.5, 0.6) is 0 Å². The van der Waals surface area contributed by atoms with E-state index in [0.29, 0.717) is 12.8 Å². The summed E-state index contributed by atoms with van der Waals surface area (Å²) >= 11 is 0. The highest BCUT2D eigenvalue weighted by Crippen LogP contribution is 2.16. The molecule has 0 heterocycles. The van der Waals surface area contributed by atoms with Crippen molar-refractivity contribution < 1.29 is 19.4 Å². The van der Waals surface area contributed by atoms with Gasteiger partial charge in [-0.3, -0.25) is 9.59 Å². The number of carbonyl (C=O) groups is 2. The van der Waals surface area contributed by atoms with Gasteiger partial charge in [-0.25, -0.2) is 0 Å². The molecule has 0 aliphatic heterocycles. The smallest absolute Gasteiger partial charge is 0.307 e. The zero-order valence-electron chi connectivity index (χ0n) is 21.3. The Hall–Kier alpha value is -1.32. The van der Waals surface area contributed by atoms with Gasteiger partial charge in [0, 0.05) is 6.42 Å². The second-order valence-corrected chi connectivity index (χ2v) is 9.25. The van der Waals surface area contributed by atoms with E-state index in [2.05, 4.69) is 26.0 Å². The molecule has 0 aliphatic carbocycles. The normalized spacial score (nSPS) is 12.3. The molecule has 0 saturated carbocycles. The predicted molar refractivity (Wildman–Crippen MR) is 135 cm³/mol. The summed E-state index contributed by atoms with van der Waals surface area (Å²) in [5.74, 6) is -1.12. The van der Waals surface area contributed by atoms with Crippen molar-refractivity contribution in [2.45, 2.75) is 155 Å². The van der Waals surface area contributed by atoms with Crippen LogP contribution in [0.4, 0.5) is 0 Å². The number of rotatable bonds is 24. The summed E-state index contributed by atoms with van der Waals surface area (Å²) < 4.78 is 5.50. The largest absolute Gasteiger partial charge is 0.481 e. The number of carboxylic acid groups (broad SMARTS) is 1. The molecule has 1 unspecified atom stereocenters. The van der Waals surface area contributed by atoms with Crippen LogP contribution in [0, 0.1) is 0 Å². The van der Waals surface area contributed by atoms with Crippen LogP contribution in [0.2, 0.25) is 0 Å². The number of carboxylic acids is 1. The molecule has 0 radical (unpaired) electrons. The molecule has 0 rings (SSSR count). The van der Waals surface area contributed by atoms with Gasteiger partial charge in [0.2, 0.25) is 0 Å². The van der Waals surface area contributed by atoms with Gasteiger partial charge in [0.15, 0.2) is 0 Å². The van der Waals surface area contributed by atoms with Crippen molar-refractivity contribution in [1.82, 2.24) is 0 Å². The van der Waals surface area contributed by atoms with E-state index < -0.39 is 12.1 Å². The molecule has 4 nitrogen and oxygen atoms in total. The van der Waals surface area contributed by atoms with Crippen molar-refractivity contribution in [3.05, 3.63) is 12.2 Å². The lowest BCUT2D eigenvalue weighted by Crippen LogP contribution is -2.21. The third-order valence-corrected chi connectivity index (χ3v) is 5.97. The second kappa shape index (κ2) is 24.3. The maximum absolute atomic E-state index is 12.1. The average molecular weight is 453 g/mol. The van der Waals surface area contributed by atoms with Gasteiger partial charge in [-0.1, -0.05) is 109 Å². The number of ether oxygens (including phenoxy) is 1. The number of carbonyl (C=O) groups excluding carboxylic acids is 1. The first-order valence-corrected chi connectivity index (χ1v) is 13.7. The minimum Gasteiger partial charge on any atom is -0.481 e. The quantitative estimate of drug-likeness (QED) is 0.0902. The van der Waals surface area contributed by atoms with Crippen molar-refractivity contribution >= 4 is 11.9 Å². The highest BCUT2D eigenvalue weighted by Gasteiger charge is 2.17. The lowest BCUT2D eigenvalue weighted by atomic mass is 10.0. The van der Waals surface area contributed by atoms with Gasteiger partial charge in [0.1, 0.15) is 6.10 Å². The van der Waals surface area contributed by atoms with Crippen LogP contribution in [-0.4, -0.2) is 23.1 Å². The summed E-state index contributed by atoms with van der Waals surface area (Å²) in [4.78, 5) is 23.2. The Kier molecular flexibility index (Phi) is 23.3. The molecule has 0 bridgehead atoms. The van der Waals surface area contributed by atoms with Crippen LogP contribution in [-0.2, 0) is 14.3 Å². The summed E-state index contributed by atoms with van der Waals surface area (Å²) in [5, 5.41) is 9.12. The van der Waals surface area contributed by atoms with Gasteiger partial charge in [-0.2, -0.15) is 0 Å². The molecule has 0 saturated heterocycles. The van der Waals surface area contributed by atoms with Gasteiger partial charge in [0.05, 0.1) is 6.42 Å². The van der Waals surface area contributed by atoms with Gasteiger partial charge >= 0.3 is 11.9 Å². The molecule has 0 aliphatic rings. The summed E-state index contributed by atoms with van der Waals surface area (Å²) in [6.45, 7) is 4.45. The van der Waals surface area contributed by atoms with E-state index in [4.69, 9.17) is 9.84 Å². The Labute approximate surface area is 198 Å². The number of hydrogen-bond acceptors (Lipinski definition) is 3. The Morgan fingerprint density at radius 3 is 1.78 bits per heavy atom.